The molecule has 0 bridgehead atoms. The number of ether oxygens (including phenoxy) is 4. The summed E-state index contributed by atoms with van der Waals surface area (Å²) in [6.45, 7) is 3.92. The number of nitrogens with zero attached hydrogens (tertiary/aromatic N) is 3. The van der Waals surface area contributed by atoms with Crippen molar-refractivity contribution in [2.75, 3.05) is 27.3 Å². The number of aliphatic hydroxyl groups is 1. The van der Waals surface area contributed by atoms with E-state index in [2.05, 4.69) is 14.2 Å². The highest BCUT2D eigenvalue weighted by atomic mass is 16.7. The van der Waals surface area contributed by atoms with Gasteiger partial charge in [-0.25, -0.2) is 14.4 Å². The van der Waals surface area contributed by atoms with Gasteiger partial charge in [-0.1, -0.05) is 0 Å². The third kappa shape index (κ3) is 7.14. The van der Waals surface area contributed by atoms with Crippen LogP contribution in [0.5, 0.6) is 11.5 Å². The molecule has 1 amide bonds. The Labute approximate surface area is 204 Å². The highest BCUT2D eigenvalue weighted by Gasteiger charge is 2.38. The Balaban J connectivity index is 3.42. The number of aliphatic hydroxyl groups excluding tert-OH is 1. The summed E-state index contributed by atoms with van der Waals surface area (Å²) in [5.41, 5.74) is -1.55. The van der Waals surface area contributed by atoms with Gasteiger partial charge < -0.3 is 34.1 Å². The average molecular weight is 509 g/mol. The maximum Gasteiger partial charge on any atom is 0.514 e. The van der Waals surface area contributed by atoms with E-state index in [9.17, 15) is 44.8 Å². The van der Waals surface area contributed by atoms with E-state index >= 15 is 0 Å². The van der Waals surface area contributed by atoms with E-state index < -0.39 is 63.9 Å². The number of hydrogen-bond donors (Lipinski definition) is 2. The molecule has 0 spiro atoms. The van der Waals surface area contributed by atoms with Crippen molar-refractivity contribution in [1.82, 2.24) is 4.90 Å². The lowest BCUT2D eigenvalue weighted by Gasteiger charge is -2.19. The van der Waals surface area contributed by atoms with Crippen molar-refractivity contribution in [3.8, 4) is 17.6 Å². The van der Waals surface area contributed by atoms with Crippen LogP contribution in [0.25, 0.3) is 6.08 Å². The molecule has 1 aromatic rings. The monoisotopic (exact) mass is 509 g/mol. The molecule has 0 saturated carbocycles. The van der Waals surface area contributed by atoms with Gasteiger partial charge in [-0.05, 0) is 31.6 Å². The minimum absolute atomic E-state index is 0.182. The lowest BCUT2D eigenvalue weighted by molar-refractivity contribution is -0.385. The number of phenolic OH excluding ortho intramolecular Hbond substituents is 1. The fourth-order valence-corrected chi connectivity index (χ4v) is 2.72. The van der Waals surface area contributed by atoms with Gasteiger partial charge in [-0.2, -0.15) is 5.26 Å². The fourth-order valence-electron chi connectivity index (χ4n) is 2.72. The number of methoxy groups -OCH3 is 2. The van der Waals surface area contributed by atoms with Crippen molar-refractivity contribution >= 4 is 35.8 Å². The van der Waals surface area contributed by atoms with E-state index in [4.69, 9.17) is 4.74 Å². The number of benzene rings is 1. The summed E-state index contributed by atoms with van der Waals surface area (Å²) in [5, 5.41) is 40.8. The minimum Gasteiger partial charge on any atom is -0.499 e. The van der Waals surface area contributed by atoms with Crippen molar-refractivity contribution < 1.29 is 53.3 Å². The molecule has 0 fully saturated rings. The number of carbonyl (C=O) groups excluding carboxylic acids is 4. The van der Waals surface area contributed by atoms with Crippen LogP contribution in [0.4, 0.5) is 10.5 Å². The van der Waals surface area contributed by atoms with Crippen molar-refractivity contribution in [3.05, 3.63) is 33.4 Å². The smallest absolute Gasteiger partial charge is 0.499 e. The van der Waals surface area contributed by atoms with Gasteiger partial charge in [-0.3, -0.25) is 14.9 Å². The van der Waals surface area contributed by atoms with E-state index in [1.54, 1.807) is 19.9 Å². The first-order valence-corrected chi connectivity index (χ1v) is 10.1. The summed E-state index contributed by atoms with van der Waals surface area (Å²) in [7, 11) is 1.75. The quantitative estimate of drug-likeness (QED) is 0.0844. The Kier molecular flexibility index (Phi) is 10.8. The standard InChI is InChI=1S/C21H23N3O12/c1-5-23(6-2)18(27)12(10-22)7-11-8-13(24(31)32)15(25)14(9-11)35-21(30)36-17(20(29)34-4)16(26)19(28)33-3/h7-9,16-17,25-26H,5-6H2,1-4H3/b12-7+. The molecule has 15 heteroatoms. The first-order chi connectivity index (χ1) is 16.9. The fraction of sp³-hybridized carbons (Fsp3) is 0.381. The van der Waals surface area contributed by atoms with Crippen molar-refractivity contribution in [3.63, 3.8) is 0 Å². The molecule has 0 saturated heterocycles. The number of nitriles is 1. The SMILES string of the molecule is CCN(CC)C(=O)/C(C#N)=C/c1cc(OC(=O)OC(C(=O)OC)C(O)C(=O)OC)c(O)c([N+](=O)[O-])c1. The number of amides is 1. The number of phenols is 1. The number of carbonyl (C=O) groups is 4. The van der Waals surface area contributed by atoms with Crippen LogP contribution >= 0.6 is 0 Å². The van der Waals surface area contributed by atoms with Crippen LogP contribution in [0.1, 0.15) is 19.4 Å². The minimum atomic E-state index is -2.31. The molecule has 0 aliphatic rings. The van der Waals surface area contributed by atoms with Gasteiger partial charge in [0.15, 0.2) is 11.9 Å². The molecule has 2 unspecified atom stereocenters. The summed E-state index contributed by atoms with van der Waals surface area (Å²) in [6, 6.07) is 3.37. The van der Waals surface area contributed by atoms with E-state index in [1.807, 2.05) is 0 Å². The van der Waals surface area contributed by atoms with Gasteiger partial charge in [0.1, 0.15) is 11.6 Å². The van der Waals surface area contributed by atoms with Gasteiger partial charge in [-0.15, -0.1) is 0 Å². The molecule has 0 aromatic heterocycles. The summed E-state index contributed by atoms with van der Waals surface area (Å²) in [5.74, 6) is -5.39. The number of esters is 2. The lowest BCUT2D eigenvalue weighted by Crippen LogP contribution is -2.44. The second-order valence-corrected chi connectivity index (χ2v) is 6.67. The van der Waals surface area contributed by atoms with E-state index in [0.717, 1.165) is 32.4 Å². The Hall–Kier alpha value is -4.71. The predicted octanol–water partition coefficient (Wildman–Crippen LogP) is 0.667. The normalized spacial score (nSPS) is 12.4. The first kappa shape index (κ1) is 29.3. The molecular formula is C21H23N3O12. The molecule has 2 N–H and O–H groups in total. The van der Waals surface area contributed by atoms with E-state index in [1.165, 1.54) is 4.90 Å². The van der Waals surface area contributed by atoms with Crippen LogP contribution < -0.4 is 4.74 Å². The zero-order chi connectivity index (χ0) is 27.6. The van der Waals surface area contributed by atoms with Crippen molar-refractivity contribution in [2.45, 2.75) is 26.1 Å². The molecule has 0 heterocycles. The number of nitro benzene ring substituents is 1. The second-order valence-electron chi connectivity index (χ2n) is 6.67. The summed E-state index contributed by atoms with van der Waals surface area (Å²) < 4.78 is 17.9. The zero-order valence-corrected chi connectivity index (χ0v) is 19.6. The second kappa shape index (κ2) is 13.2. The molecule has 1 rings (SSSR count). The summed E-state index contributed by atoms with van der Waals surface area (Å²) in [4.78, 5) is 59.7. The van der Waals surface area contributed by atoms with Gasteiger partial charge >= 0.3 is 23.8 Å². The third-order valence-corrected chi connectivity index (χ3v) is 4.57. The van der Waals surface area contributed by atoms with Gasteiger partial charge in [0.05, 0.1) is 19.1 Å². The Morgan fingerprint density at radius 2 is 1.75 bits per heavy atom. The third-order valence-electron chi connectivity index (χ3n) is 4.57. The number of aromatic hydroxyl groups is 1. The predicted molar refractivity (Wildman–Crippen MR) is 117 cm³/mol. The molecule has 15 nitrogen and oxygen atoms in total. The van der Waals surface area contributed by atoms with E-state index in [-0.39, 0.29) is 18.7 Å². The largest absolute Gasteiger partial charge is 0.514 e. The number of rotatable bonds is 10. The average Bonchev–Trinajstić information content (AvgIpc) is 2.86. The first-order valence-electron chi connectivity index (χ1n) is 10.1. The number of likely N-dealkylation sites (N-methyl/N-ethyl adjacent to an activating group) is 1. The van der Waals surface area contributed by atoms with Crippen LogP contribution in [-0.4, -0.2) is 83.6 Å². The van der Waals surface area contributed by atoms with Crippen LogP contribution in [0, 0.1) is 21.4 Å². The molecular weight excluding hydrogens is 486 g/mol. The lowest BCUT2D eigenvalue weighted by atomic mass is 10.1. The summed E-state index contributed by atoms with van der Waals surface area (Å²) in [6.07, 6.45) is -5.36. The number of nitro groups is 1. The van der Waals surface area contributed by atoms with Gasteiger partial charge in [0.25, 0.3) is 5.91 Å². The highest BCUT2D eigenvalue weighted by Crippen LogP contribution is 2.38. The maximum absolute atomic E-state index is 12.5. The van der Waals surface area contributed by atoms with Crippen LogP contribution in [-0.2, 0) is 28.6 Å². The maximum atomic E-state index is 12.5. The zero-order valence-electron chi connectivity index (χ0n) is 19.6. The molecule has 0 aliphatic carbocycles. The highest BCUT2D eigenvalue weighted by molar-refractivity contribution is 6.01. The van der Waals surface area contributed by atoms with Crippen LogP contribution in [0.2, 0.25) is 0 Å². The summed E-state index contributed by atoms with van der Waals surface area (Å²) >= 11 is 0. The Bertz CT molecular complexity index is 1100. The molecule has 36 heavy (non-hydrogen) atoms. The van der Waals surface area contributed by atoms with Gasteiger partial charge in [0.2, 0.25) is 11.9 Å². The molecule has 194 valence electrons. The Morgan fingerprint density at radius 3 is 2.22 bits per heavy atom. The van der Waals surface area contributed by atoms with E-state index in [0.29, 0.717) is 0 Å². The topological polar surface area (TPSA) is 216 Å². The molecule has 0 aliphatic heterocycles. The molecule has 0 radical (unpaired) electrons. The van der Waals surface area contributed by atoms with Crippen LogP contribution in [0.3, 0.4) is 0 Å². The molecule has 2 atom stereocenters. The molecule has 1 aromatic carbocycles. The van der Waals surface area contributed by atoms with Gasteiger partial charge in [0, 0.05) is 19.2 Å². The van der Waals surface area contributed by atoms with Crippen molar-refractivity contribution in [1.29, 1.82) is 5.26 Å². The number of hydrogen-bond acceptors (Lipinski definition) is 13. The Morgan fingerprint density at radius 1 is 1.17 bits per heavy atom. The van der Waals surface area contributed by atoms with Crippen molar-refractivity contribution in [2.24, 2.45) is 0 Å². The van der Waals surface area contributed by atoms with Crippen LogP contribution in [0.15, 0.2) is 17.7 Å².